The molecule has 0 aliphatic rings. The molecule has 0 N–H and O–H groups in total. The lowest BCUT2D eigenvalue weighted by atomic mass is 10.0. The maximum atomic E-state index is 5.08. The first-order valence-electron chi connectivity index (χ1n) is 23.4. The van der Waals surface area contributed by atoms with Crippen LogP contribution in [0.5, 0.6) is 0 Å². The third-order valence-electron chi connectivity index (χ3n) is 13.7. The van der Waals surface area contributed by atoms with Gasteiger partial charge in [-0.05, 0) is 83.9 Å². The molecule has 10 aromatic carbocycles. The van der Waals surface area contributed by atoms with E-state index in [9.17, 15) is 0 Å². The summed E-state index contributed by atoms with van der Waals surface area (Å²) in [6, 6.07) is 86.6. The van der Waals surface area contributed by atoms with Crippen molar-refractivity contribution < 1.29 is 0 Å². The van der Waals surface area contributed by atoms with Crippen molar-refractivity contribution >= 4 is 65.4 Å². The Balaban J connectivity index is 1.07. The zero-order valence-corrected chi connectivity index (χ0v) is 37.3. The van der Waals surface area contributed by atoms with Gasteiger partial charge in [-0.15, -0.1) is 0 Å². The first-order valence-corrected chi connectivity index (χ1v) is 23.4. The van der Waals surface area contributed by atoms with Crippen molar-refractivity contribution in [3.05, 3.63) is 243 Å². The van der Waals surface area contributed by atoms with Crippen LogP contribution in [-0.4, -0.2) is 28.7 Å². The van der Waals surface area contributed by atoms with Gasteiger partial charge in [0.2, 0.25) is 0 Å². The molecule has 14 aromatic rings. The molecule has 0 saturated heterocycles. The van der Waals surface area contributed by atoms with Crippen LogP contribution in [0.1, 0.15) is 0 Å². The van der Waals surface area contributed by atoms with Crippen molar-refractivity contribution in [3.63, 3.8) is 0 Å². The topological polar surface area (TPSA) is 53.5 Å². The highest BCUT2D eigenvalue weighted by atomic mass is 15.1. The van der Waals surface area contributed by atoms with Crippen LogP contribution in [0.15, 0.2) is 243 Å². The normalized spacial score (nSPS) is 11.8. The fourth-order valence-electron chi connectivity index (χ4n) is 10.6. The fraction of sp³-hybridized carbons (Fsp3) is 0. The molecule has 6 heteroatoms. The van der Waals surface area contributed by atoms with Gasteiger partial charge in [0.25, 0.3) is 0 Å². The number of benzene rings is 10. The summed E-state index contributed by atoms with van der Waals surface area (Å²) in [7, 11) is 0. The van der Waals surface area contributed by atoms with Gasteiger partial charge < -0.3 is 13.7 Å². The van der Waals surface area contributed by atoms with E-state index in [4.69, 9.17) is 15.0 Å². The average Bonchev–Trinajstić information content (AvgIpc) is 4.07. The van der Waals surface area contributed by atoms with Crippen LogP contribution in [0.25, 0.3) is 128 Å². The zero-order chi connectivity index (χ0) is 45.4. The Labute approximate surface area is 397 Å². The summed E-state index contributed by atoms with van der Waals surface area (Å²) in [5, 5.41) is 7.20. The van der Waals surface area contributed by atoms with Gasteiger partial charge in [0, 0.05) is 60.4 Å². The first kappa shape index (κ1) is 38.8. The second-order valence-electron chi connectivity index (χ2n) is 17.6. The summed E-state index contributed by atoms with van der Waals surface area (Å²) in [6.07, 6.45) is 0. The number of hydrogen-bond donors (Lipinski definition) is 0. The molecule has 6 nitrogen and oxygen atoms in total. The van der Waals surface area contributed by atoms with E-state index in [1.54, 1.807) is 0 Å². The highest BCUT2D eigenvalue weighted by Gasteiger charge is 2.24. The summed E-state index contributed by atoms with van der Waals surface area (Å²) in [5.41, 5.74) is 15.2. The second-order valence-corrected chi connectivity index (χ2v) is 17.6. The van der Waals surface area contributed by atoms with Crippen LogP contribution >= 0.6 is 0 Å². The lowest BCUT2D eigenvalue weighted by molar-refractivity contribution is 1.07. The summed E-state index contributed by atoms with van der Waals surface area (Å²) >= 11 is 0. The predicted molar refractivity (Wildman–Crippen MR) is 285 cm³/mol. The largest absolute Gasteiger partial charge is 0.309 e. The van der Waals surface area contributed by atoms with Crippen molar-refractivity contribution in [1.82, 2.24) is 28.7 Å². The van der Waals surface area contributed by atoms with Gasteiger partial charge in [-0.25, -0.2) is 15.0 Å². The molecule has 0 fully saturated rings. The smallest absolute Gasteiger partial charge is 0.164 e. The molecule has 0 aliphatic carbocycles. The van der Waals surface area contributed by atoms with Gasteiger partial charge in [-0.1, -0.05) is 170 Å². The van der Waals surface area contributed by atoms with E-state index < -0.39 is 0 Å². The van der Waals surface area contributed by atoms with Gasteiger partial charge >= 0.3 is 0 Å². The fourth-order valence-corrected chi connectivity index (χ4v) is 10.6. The van der Waals surface area contributed by atoms with Crippen LogP contribution < -0.4 is 0 Å². The van der Waals surface area contributed by atoms with Crippen LogP contribution in [0.2, 0.25) is 0 Å². The van der Waals surface area contributed by atoms with Crippen molar-refractivity contribution in [1.29, 1.82) is 0 Å². The van der Waals surface area contributed by atoms with Crippen LogP contribution in [0.4, 0.5) is 0 Å². The van der Waals surface area contributed by atoms with Gasteiger partial charge in [0.15, 0.2) is 17.5 Å². The third-order valence-corrected chi connectivity index (χ3v) is 13.7. The number of para-hydroxylation sites is 4. The number of hydrogen-bond acceptors (Lipinski definition) is 3. The van der Waals surface area contributed by atoms with E-state index in [2.05, 4.69) is 196 Å². The number of rotatable bonds is 7. The lowest BCUT2D eigenvalue weighted by Crippen LogP contribution is -2.03. The van der Waals surface area contributed by atoms with E-state index in [-0.39, 0.29) is 0 Å². The molecule has 0 amide bonds. The van der Waals surface area contributed by atoms with Crippen molar-refractivity contribution in [2.75, 3.05) is 0 Å². The maximum absolute atomic E-state index is 5.08. The molecule has 322 valence electrons. The van der Waals surface area contributed by atoms with E-state index in [1.807, 2.05) is 60.7 Å². The second kappa shape index (κ2) is 15.6. The molecule has 14 rings (SSSR count). The summed E-state index contributed by atoms with van der Waals surface area (Å²) in [5.74, 6) is 1.89. The monoisotopic (exact) mass is 880 g/mol. The zero-order valence-electron chi connectivity index (χ0n) is 37.3. The lowest BCUT2D eigenvalue weighted by Gasteiger charge is -2.17. The van der Waals surface area contributed by atoms with Crippen molar-refractivity contribution in [3.8, 4) is 62.4 Å². The Kier molecular flexibility index (Phi) is 8.79. The molecule has 4 heterocycles. The van der Waals surface area contributed by atoms with E-state index in [1.165, 1.54) is 38.1 Å². The SMILES string of the molecule is c1ccc(-c2ccc3c(c2)c2cc(-n4c5ccccc5c5ccccc54)cc(-n4c5ccccc5c5ccccc54)c2n3-c2ccc(-c3nc(-c4ccccc4)nc(-c4ccccc4)n3)cc2)cc1. The Morgan fingerprint density at radius 1 is 0.232 bits per heavy atom. The van der Waals surface area contributed by atoms with Crippen molar-refractivity contribution in [2.24, 2.45) is 0 Å². The molecule has 0 spiro atoms. The number of nitrogens with zero attached hydrogens (tertiary/aromatic N) is 6. The van der Waals surface area contributed by atoms with E-state index in [0.717, 1.165) is 72.2 Å². The predicted octanol–water partition coefficient (Wildman–Crippen LogP) is 15.8. The molecular weight excluding hydrogens is 841 g/mol. The minimum Gasteiger partial charge on any atom is -0.309 e. The third kappa shape index (κ3) is 6.23. The Bertz CT molecular complexity index is 4120. The highest BCUT2D eigenvalue weighted by Crippen LogP contribution is 2.44. The molecule has 0 atom stereocenters. The van der Waals surface area contributed by atoms with Gasteiger partial charge in [0.1, 0.15) is 0 Å². The Hall–Kier alpha value is -9.39. The van der Waals surface area contributed by atoms with Gasteiger partial charge in [-0.2, -0.15) is 0 Å². The van der Waals surface area contributed by atoms with E-state index >= 15 is 0 Å². The van der Waals surface area contributed by atoms with Gasteiger partial charge in [-0.3, -0.25) is 0 Å². The molecule has 4 aromatic heterocycles. The quantitative estimate of drug-likeness (QED) is 0.160. The molecule has 0 radical (unpaired) electrons. The summed E-state index contributed by atoms with van der Waals surface area (Å²) < 4.78 is 7.38. The van der Waals surface area contributed by atoms with Gasteiger partial charge in [0.05, 0.1) is 38.8 Å². The minimum absolute atomic E-state index is 0.616. The summed E-state index contributed by atoms with van der Waals surface area (Å²) in [6.45, 7) is 0. The minimum atomic E-state index is 0.616. The number of fused-ring (bicyclic) bond motifs is 9. The number of aromatic nitrogens is 6. The van der Waals surface area contributed by atoms with Crippen LogP contribution in [0, 0.1) is 0 Å². The average molecular weight is 881 g/mol. The molecule has 69 heavy (non-hydrogen) atoms. The molecule has 0 saturated carbocycles. The summed E-state index contributed by atoms with van der Waals surface area (Å²) in [4.78, 5) is 15.1. The van der Waals surface area contributed by atoms with Crippen LogP contribution in [-0.2, 0) is 0 Å². The van der Waals surface area contributed by atoms with Crippen molar-refractivity contribution in [2.45, 2.75) is 0 Å². The molecular formula is C63H40N6. The Morgan fingerprint density at radius 3 is 1.12 bits per heavy atom. The standard InChI is InChI=1S/C63H40N6/c1-4-18-41(19-5-1)45-34-37-58-52(38-45)53-39-47(67-54-28-14-10-24-48(54)49-25-11-15-29-55(49)67)40-59(69-56-30-16-12-26-50(56)51-27-13-17-31-57(51)69)60(53)68(58)46-35-32-44(33-36-46)63-65-61(42-20-6-2-7-21-42)64-62(66-63)43-22-8-3-9-23-43/h1-40H. The first-order chi connectivity index (χ1) is 34.2. The molecule has 0 aliphatic heterocycles. The van der Waals surface area contributed by atoms with Crippen LogP contribution in [0.3, 0.4) is 0 Å². The molecule has 0 bridgehead atoms. The maximum Gasteiger partial charge on any atom is 0.164 e. The Morgan fingerprint density at radius 2 is 0.623 bits per heavy atom. The van der Waals surface area contributed by atoms with E-state index in [0.29, 0.717) is 17.5 Å². The molecule has 0 unspecified atom stereocenters. The highest BCUT2D eigenvalue weighted by molar-refractivity contribution is 6.17.